The molecule has 2 atom stereocenters. The summed E-state index contributed by atoms with van der Waals surface area (Å²) in [5.41, 5.74) is 0.438. The molecule has 0 amide bonds. The molecular weight excluding hydrogens is 208 g/mol. The first kappa shape index (κ1) is 15.0. The van der Waals surface area contributed by atoms with Gasteiger partial charge in [-0.1, -0.05) is 54.9 Å². The highest BCUT2D eigenvalue weighted by molar-refractivity contribution is 4.95. The summed E-state index contributed by atoms with van der Waals surface area (Å²) in [4.78, 5) is 0. The van der Waals surface area contributed by atoms with Gasteiger partial charge in [0.25, 0.3) is 0 Å². The van der Waals surface area contributed by atoms with Gasteiger partial charge in [-0.2, -0.15) is 0 Å². The van der Waals surface area contributed by atoms with Gasteiger partial charge >= 0.3 is 0 Å². The molecule has 1 aliphatic carbocycles. The lowest BCUT2D eigenvalue weighted by molar-refractivity contribution is -0.0838. The fourth-order valence-electron chi connectivity index (χ4n) is 3.44. The number of aliphatic hydroxyl groups is 1. The van der Waals surface area contributed by atoms with Crippen LogP contribution in [0.3, 0.4) is 0 Å². The van der Waals surface area contributed by atoms with E-state index in [1.807, 2.05) is 0 Å². The normalized spacial score (nSPS) is 36.0. The second-order valence-corrected chi connectivity index (χ2v) is 8.18. The van der Waals surface area contributed by atoms with Crippen molar-refractivity contribution < 1.29 is 5.11 Å². The quantitative estimate of drug-likeness (QED) is 0.716. The average molecular weight is 240 g/mol. The molecule has 0 saturated heterocycles. The van der Waals surface area contributed by atoms with Crippen molar-refractivity contribution in [1.29, 1.82) is 0 Å². The smallest absolute Gasteiger partial charge is 0.0606 e. The summed E-state index contributed by atoms with van der Waals surface area (Å²) in [5, 5.41) is 10.7. The van der Waals surface area contributed by atoms with Crippen LogP contribution >= 0.6 is 0 Å². The van der Waals surface area contributed by atoms with E-state index in [1.54, 1.807) is 0 Å². The molecule has 1 rings (SSSR count). The highest BCUT2D eigenvalue weighted by Gasteiger charge is 2.45. The molecule has 1 saturated carbocycles. The summed E-state index contributed by atoms with van der Waals surface area (Å²) in [7, 11) is 0. The van der Waals surface area contributed by atoms with Crippen molar-refractivity contribution in [2.24, 2.45) is 28.6 Å². The van der Waals surface area contributed by atoms with Crippen LogP contribution in [-0.4, -0.2) is 11.2 Å². The van der Waals surface area contributed by atoms with Crippen LogP contribution in [0.25, 0.3) is 0 Å². The largest absolute Gasteiger partial charge is 0.393 e. The standard InChI is InChI=1S/C16H32O/c1-8-11-9-12(15(2,3)4)14(17)13(10-11)16(5,6)7/h11-14,17H,8-10H2,1-7H3. The van der Waals surface area contributed by atoms with Gasteiger partial charge in [0.15, 0.2) is 0 Å². The second-order valence-electron chi connectivity index (χ2n) is 8.18. The Hall–Kier alpha value is -0.0400. The van der Waals surface area contributed by atoms with E-state index in [2.05, 4.69) is 48.5 Å². The Balaban J connectivity index is 2.94. The molecular formula is C16H32O. The maximum atomic E-state index is 10.7. The molecule has 1 heteroatoms. The molecule has 102 valence electrons. The van der Waals surface area contributed by atoms with E-state index in [-0.39, 0.29) is 16.9 Å². The highest BCUT2D eigenvalue weighted by atomic mass is 16.3. The molecule has 2 unspecified atom stereocenters. The molecule has 0 spiro atoms. The van der Waals surface area contributed by atoms with Gasteiger partial charge in [0.1, 0.15) is 0 Å². The van der Waals surface area contributed by atoms with Crippen LogP contribution < -0.4 is 0 Å². The molecule has 1 fully saturated rings. The molecule has 0 aromatic carbocycles. The highest BCUT2D eigenvalue weighted by Crippen LogP contribution is 2.48. The second kappa shape index (κ2) is 4.91. The van der Waals surface area contributed by atoms with Gasteiger partial charge in [0, 0.05) is 0 Å². The minimum atomic E-state index is -0.127. The first-order valence-electron chi connectivity index (χ1n) is 7.25. The first-order chi connectivity index (χ1) is 7.57. The van der Waals surface area contributed by atoms with E-state index >= 15 is 0 Å². The third-order valence-electron chi connectivity index (χ3n) is 4.80. The Bertz CT molecular complexity index is 219. The molecule has 1 aliphatic rings. The lowest BCUT2D eigenvalue weighted by Crippen LogP contribution is -2.47. The van der Waals surface area contributed by atoms with E-state index in [9.17, 15) is 5.11 Å². The van der Waals surface area contributed by atoms with E-state index in [0.29, 0.717) is 11.8 Å². The predicted octanol–water partition coefficient (Wildman–Crippen LogP) is 4.49. The fraction of sp³-hybridized carbons (Fsp3) is 1.00. The summed E-state index contributed by atoms with van der Waals surface area (Å²) >= 11 is 0. The fourth-order valence-corrected chi connectivity index (χ4v) is 3.44. The molecule has 1 N–H and O–H groups in total. The van der Waals surface area contributed by atoms with Crippen molar-refractivity contribution in [3.05, 3.63) is 0 Å². The first-order valence-corrected chi connectivity index (χ1v) is 7.25. The zero-order chi connectivity index (χ0) is 13.4. The van der Waals surface area contributed by atoms with Crippen LogP contribution in [-0.2, 0) is 0 Å². The topological polar surface area (TPSA) is 20.2 Å². The maximum absolute atomic E-state index is 10.7. The maximum Gasteiger partial charge on any atom is 0.0606 e. The van der Waals surface area contributed by atoms with Crippen LogP contribution in [0.15, 0.2) is 0 Å². The van der Waals surface area contributed by atoms with E-state index in [4.69, 9.17) is 0 Å². The molecule has 0 aliphatic heterocycles. The zero-order valence-corrected chi connectivity index (χ0v) is 12.9. The Morgan fingerprint density at radius 2 is 1.24 bits per heavy atom. The van der Waals surface area contributed by atoms with Crippen LogP contribution in [0, 0.1) is 28.6 Å². The minimum absolute atomic E-state index is 0.127. The number of hydrogen-bond donors (Lipinski definition) is 1. The Kier molecular flexibility index (Phi) is 4.34. The van der Waals surface area contributed by atoms with E-state index in [0.717, 1.165) is 5.92 Å². The monoisotopic (exact) mass is 240 g/mol. The summed E-state index contributed by atoms with van der Waals surface area (Å²) in [6.07, 6.45) is 3.53. The molecule has 17 heavy (non-hydrogen) atoms. The van der Waals surface area contributed by atoms with Crippen molar-refractivity contribution in [2.75, 3.05) is 0 Å². The third kappa shape index (κ3) is 3.47. The van der Waals surface area contributed by atoms with Crippen molar-refractivity contribution >= 4 is 0 Å². The Morgan fingerprint density at radius 3 is 1.47 bits per heavy atom. The Labute approximate surface area is 108 Å². The van der Waals surface area contributed by atoms with Gasteiger partial charge in [-0.15, -0.1) is 0 Å². The summed E-state index contributed by atoms with van der Waals surface area (Å²) in [6, 6.07) is 0. The van der Waals surface area contributed by atoms with Crippen LogP contribution in [0.1, 0.15) is 67.7 Å². The summed E-state index contributed by atoms with van der Waals surface area (Å²) in [5.74, 6) is 1.70. The Morgan fingerprint density at radius 1 is 0.882 bits per heavy atom. The van der Waals surface area contributed by atoms with Crippen molar-refractivity contribution in [1.82, 2.24) is 0 Å². The van der Waals surface area contributed by atoms with Gasteiger partial charge < -0.3 is 5.11 Å². The van der Waals surface area contributed by atoms with Gasteiger partial charge in [0.05, 0.1) is 6.10 Å². The number of aliphatic hydroxyl groups excluding tert-OH is 1. The molecule has 0 aromatic rings. The lowest BCUT2D eigenvalue weighted by atomic mass is 9.58. The molecule has 0 heterocycles. The molecule has 0 aromatic heterocycles. The molecule has 0 radical (unpaired) electrons. The zero-order valence-electron chi connectivity index (χ0n) is 12.9. The van der Waals surface area contributed by atoms with Gasteiger partial charge in [-0.25, -0.2) is 0 Å². The summed E-state index contributed by atoms with van der Waals surface area (Å²) < 4.78 is 0. The number of hydrogen-bond acceptors (Lipinski definition) is 1. The van der Waals surface area contributed by atoms with Crippen molar-refractivity contribution in [3.8, 4) is 0 Å². The van der Waals surface area contributed by atoms with Gasteiger partial charge in [-0.3, -0.25) is 0 Å². The van der Waals surface area contributed by atoms with Crippen LogP contribution in [0.2, 0.25) is 0 Å². The number of rotatable bonds is 1. The SMILES string of the molecule is CCC1CC(C(C)(C)C)C(O)C(C(C)(C)C)C1. The third-order valence-corrected chi connectivity index (χ3v) is 4.80. The minimum Gasteiger partial charge on any atom is -0.393 e. The van der Waals surface area contributed by atoms with E-state index in [1.165, 1.54) is 19.3 Å². The van der Waals surface area contributed by atoms with Crippen molar-refractivity contribution in [2.45, 2.75) is 73.8 Å². The summed E-state index contributed by atoms with van der Waals surface area (Å²) in [6.45, 7) is 16.0. The van der Waals surface area contributed by atoms with Crippen LogP contribution in [0.5, 0.6) is 0 Å². The van der Waals surface area contributed by atoms with Gasteiger partial charge in [-0.05, 0) is 41.4 Å². The van der Waals surface area contributed by atoms with Gasteiger partial charge in [0.2, 0.25) is 0 Å². The van der Waals surface area contributed by atoms with Crippen LogP contribution in [0.4, 0.5) is 0 Å². The van der Waals surface area contributed by atoms with E-state index < -0.39 is 0 Å². The average Bonchev–Trinajstić information content (AvgIpc) is 2.14. The molecule has 1 nitrogen and oxygen atoms in total. The molecule has 0 bridgehead atoms. The lowest BCUT2D eigenvalue weighted by Gasteiger charge is -2.49. The predicted molar refractivity (Wildman–Crippen MR) is 74.9 cm³/mol. The van der Waals surface area contributed by atoms with Crippen molar-refractivity contribution in [3.63, 3.8) is 0 Å².